The number of hydrogen-bond donors (Lipinski definition) is 2. The van der Waals surface area contributed by atoms with Crippen molar-refractivity contribution in [3.63, 3.8) is 0 Å². The molecule has 1 heterocycles. The van der Waals surface area contributed by atoms with Crippen molar-refractivity contribution >= 4 is 35.4 Å². The van der Waals surface area contributed by atoms with E-state index in [1.165, 1.54) is 5.56 Å². The predicted octanol–water partition coefficient (Wildman–Crippen LogP) is 5.02. The van der Waals surface area contributed by atoms with Crippen molar-refractivity contribution in [3.8, 4) is 0 Å². The summed E-state index contributed by atoms with van der Waals surface area (Å²) in [4.78, 5) is 60.5. The van der Waals surface area contributed by atoms with Crippen LogP contribution in [0.5, 0.6) is 0 Å². The molecule has 1 aliphatic heterocycles. The second kappa shape index (κ2) is 22.2. The molecule has 0 bridgehead atoms. The zero-order valence-electron chi connectivity index (χ0n) is 33.0. The van der Waals surface area contributed by atoms with E-state index in [0.717, 1.165) is 25.7 Å². The number of ether oxygens (including phenoxy) is 1. The Hall–Kier alpha value is -2.89. The Morgan fingerprint density at radius 2 is 1.71 bits per heavy atom. The second-order valence-corrected chi connectivity index (χ2v) is 16.2. The summed E-state index contributed by atoms with van der Waals surface area (Å²) in [6, 6.07) is 8.53. The normalized spacial score (nSPS) is 18.2. The van der Waals surface area contributed by atoms with Crippen LogP contribution in [0.1, 0.15) is 79.2 Å². The number of nitrogens with zero attached hydrogens (tertiary/aromatic N) is 3. The maximum atomic E-state index is 14.2. The van der Waals surface area contributed by atoms with Gasteiger partial charge in [-0.15, -0.1) is 18.3 Å². The minimum Gasteiger partial charge on any atom is -0.379 e. The molecule has 1 saturated heterocycles. The van der Waals surface area contributed by atoms with E-state index in [0.29, 0.717) is 25.3 Å². The van der Waals surface area contributed by atoms with Crippen molar-refractivity contribution in [3.05, 3.63) is 48.6 Å². The van der Waals surface area contributed by atoms with E-state index in [4.69, 9.17) is 4.74 Å². The van der Waals surface area contributed by atoms with Gasteiger partial charge in [-0.05, 0) is 63.1 Å². The van der Waals surface area contributed by atoms with Gasteiger partial charge in [0.25, 0.3) is 0 Å². The molecule has 288 valence electrons. The Morgan fingerprint density at radius 1 is 1.04 bits per heavy atom. The summed E-state index contributed by atoms with van der Waals surface area (Å²) in [7, 11) is 7.10. The van der Waals surface area contributed by atoms with Crippen molar-refractivity contribution in [2.75, 3.05) is 47.1 Å². The lowest BCUT2D eigenvalue weighted by Crippen LogP contribution is -2.59. The fraction of sp³-hybridized carbons (Fsp3) is 0.700. The number of benzene rings is 1. The second-order valence-electron chi connectivity index (χ2n) is 14.9. The number of hydrogen-bond acceptors (Lipinski definition) is 7. The van der Waals surface area contributed by atoms with Gasteiger partial charge >= 0.3 is 0 Å². The zero-order valence-corrected chi connectivity index (χ0v) is 33.8. The fourth-order valence-electron chi connectivity index (χ4n) is 7.30. The molecular formula is C40H67N5O5S. The molecule has 0 saturated carbocycles. The molecule has 0 spiro atoms. The molecule has 10 nitrogen and oxygen atoms in total. The first-order valence-corrected chi connectivity index (χ1v) is 19.8. The van der Waals surface area contributed by atoms with E-state index in [1.807, 2.05) is 75.9 Å². The maximum Gasteiger partial charge on any atom is 0.245 e. The lowest BCUT2D eigenvalue weighted by molar-refractivity contribution is -0.146. The lowest BCUT2D eigenvalue weighted by atomic mass is 9.89. The highest BCUT2D eigenvalue weighted by atomic mass is 32.2. The molecule has 0 radical (unpaired) electrons. The predicted molar refractivity (Wildman–Crippen MR) is 209 cm³/mol. The number of nitrogens with one attached hydrogen (secondary N) is 2. The highest BCUT2D eigenvalue weighted by Gasteiger charge is 2.40. The van der Waals surface area contributed by atoms with Crippen LogP contribution in [0.2, 0.25) is 0 Å². The Balaban J connectivity index is 2.20. The summed E-state index contributed by atoms with van der Waals surface area (Å²) in [5, 5.41) is 5.87. The van der Waals surface area contributed by atoms with Crippen molar-refractivity contribution in [1.82, 2.24) is 25.3 Å². The molecular weight excluding hydrogens is 663 g/mol. The van der Waals surface area contributed by atoms with Crippen molar-refractivity contribution in [1.29, 1.82) is 0 Å². The molecule has 1 aliphatic rings. The average Bonchev–Trinajstić information content (AvgIpc) is 3.56. The molecule has 1 aromatic rings. The minimum atomic E-state index is -0.727. The van der Waals surface area contributed by atoms with Crippen molar-refractivity contribution in [2.24, 2.45) is 17.8 Å². The fourth-order valence-corrected chi connectivity index (χ4v) is 8.27. The van der Waals surface area contributed by atoms with E-state index >= 15 is 0 Å². The smallest absolute Gasteiger partial charge is 0.245 e. The largest absolute Gasteiger partial charge is 0.379 e. The molecule has 4 amide bonds. The van der Waals surface area contributed by atoms with Gasteiger partial charge in [-0.2, -0.15) is 0 Å². The summed E-state index contributed by atoms with van der Waals surface area (Å²) in [5.41, 5.74) is 1.17. The van der Waals surface area contributed by atoms with Crippen LogP contribution in [0.25, 0.3) is 0 Å². The molecule has 51 heavy (non-hydrogen) atoms. The molecule has 7 unspecified atom stereocenters. The lowest BCUT2D eigenvalue weighted by Gasteiger charge is -2.40. The third kappa shape index (κ3) is 13.2. The first-order chi connectivity index (χ1) is 24.2. The Labute approximate surface area is 312 Å². The molecule has 2 rings (SSSR count). The zero-order chi connectivity index (χ0) is 38.2. The maximum absolute atomic E-state index is 14.2. The summed E-state index contributed by atoms with van der Waals surface area (Å²) in [5.74, 6) is 0.173. The van der Waals surface area contributed by atoms with Crippen LogP contribution in [0, 0.1) is 17.8 Å². The van der Waals surface area contributed by atoms with Crippen LogP contribution in [-0.4, -0.2) is 121 Å². The molecule has 11 heteroatoms. The molecule has 0 aliphatic carbocycles. The van der Waals surface area contributed by atoms with Gasteiger partial charge in [-0.1, -0.05) is 84.4 Å². The van der Waals surface area contributed by atoms with Gasteiger partial charge in [0.1, 0.15) is 6.04 Å². The monoisotopic (exact) mass is 729 g/mol. The third-order valence-corrected chi connectivity index (χ3v) is 11.5. The van der Waals surface area contributed by atoms with Crippen LogP contribution >= 0.6 is 11.8 Å². The van der Waals surface area contributed by atoms with Gasteiger partial charge < -0.3 is 25.2 Å². The van der Waals surface area contributed by atoms with Crippen LogP contribution in [0.4, 0.5) is 0 Å². The van der Waals surface area contributed by atoms with E-state index in [9.17, 15) is 19.2 Å². The van der Waals surface area contributed by atoms with Gasteiger partial charge in [0, 0.05) is 39.0 Å². The highest BCUT2D eigenvalue weighted by molar-refractivity contribution is 8.00. The Morgan fingerprint density at radius 3 is 2.25 bits per heavy atom. The van der Waals surface area contributed by atoms with Crippen LogP contribution in [-0.2, 0) is 30.3 Å². The Bertz CT molecular complexity index is 1240. The van der Waals surface area contributed by atoms with E-state index in [1.54, 1.807) is 30.8 Å². The van der Waals surface area contributed by atoms with Gasteiger partial charge in [-0.25, -0.2) is 0 Å². The SMILES string of the molecule is C=CCSC(CC1CCCN1C(=O)CC(OC)C(C(C)CC)N(C)C(=O)C(NC(=O)C(C(C)C)N(C)C)C(C)C)C(=O)NCCc1ccccc1. The van der Waals surface area contributed by atoms with Crippen molar-refractivity contribution in [2.45, 2.75) is 116 Å². The quantitative estimate of drug-likeness (QED) is 0.161. The molecule has 2 N–H and O–H groups in total. The third-order valence-electron chi connectivity index (χ3n) is 10.2. The minimum absolute atomic E-state index is 0.0130. The first-order valence-electron chi connectivity index (χ1n) is 18.8. The summed E-state index contributed by atoms with van der Waals surface area (Å²) < 4.78 is 6.03. The van der Waals surface area contributed by atoms with Crippen molar-refractivity contribution < 1.29 is 23.9 Å². The number of rotatable bonds is 22. The number of likely N-dealkylation sites (tertiary alicyclic amines) is 1. The molecule has 1 fully saturated rings. The number of carbonyl (C=O) groups is 4. The molecule has 0 aromatic heterocycles. The number of methoxy groups -OCH3 is 1. The van der Waals surface area contributed by atoms with Gasteiger partial charge in [-0.3, -0.25) is 24.1 Å². The standard InChI is InChI=1S/C40H67N5O5S/c1-12-24-51-33(38(47)41-22-21-30-18-15-14-16-19-30)25-31-20-17-23-45(31)34(46)26-32(50-11)37(29(7)13-2)44(10)40(49)35(27(3)4)42-39(48)36(28(5)6)43(8)9/h12,14-16,18-19,27-29,31-33,35-37H,1,13,17,20-26H2,2-11H3,(H,41,47)(H,42,48). The summed E-state index contributed by atoms with van der Waals surface area (Å²) >= 11 is 1.56. The molecule has 1 aromatic carbocycles. The number of carbonyl (C=O) groups excluding carboxylic acids is 4. The van der Waals surface area contributed by atoms with Gasteiger partial charge in [0.15, 0.2) is 0 Å². The topological polar surface area (TPSA) is 111 Å². The first kappa shape index (κ1) is 44.3. The van der Waals surface area contributed by atoms with E-state index < -0.39 is 18.2 Å². The van der Waals surface area contributed by atoms with Gasteiger partial charge in [0.05, 0.1) is 29.9 Å². The van der Waals surface area contributed by atoms with Gasteiger partial charge in [0.2, 0.25) is 23.6 Å². The number of amides is 4. The molecule has 7 atom stereocenters. The summed E-state index contributed by atoms with van der Waals surface area (Å²) in [6.45, 7) is 17.0. The highest BCUT2D eigenvalue weighted by Crippen LogP contribution is 2.29. The van der Waals surface area contributed by atoms with Crippen LogP contribution in [0.3, 0.4) is 0 Å². The van der Waals surface area contributed by atoms with E-state index in [2.05, 4.69) is 43.2 Å². The average molecular weight is 730 g/mol. The Kier molecular flexibility index (Phi) is 19.3. The summed E-state index contributed by atoms with van der Waals surface area (Å²) in [6.07, 6.45) is 5.17. The van der Waals surface area contributed by atoms with Crippen LogP contribution in [0.15, 0.2) is 43.0 Å². The van der Waals surface area contributed by atoms with Crippen LogP contribution < -0.4 is 10.6 Å². The number of likely N-dealkylation sites (N-methyl/N-ethyl adjacent to an activating group) is 2. The van der Waals surface area contributed by atoms with E-state index in [-0.39, 0.29) is 65.1 Å². The number of thioether (sulfide) groups is 1.